The summed E-state index contributed by atoms with van der Waals surface area (Å²) in [4.78, 5) is 2.23. The van der Waals surface area contributed by atoms with E-state index in [0.29, 0.717) is 5.56 Å². The Morgan fingerprint density at radius 3 is 2.17 bits per heavy atom. The number of benzene rings is 2. The van der Waals surface area contributed by atoms with Gasteiger partial charge in [0, 0.05) is 0 Å². The van der Waals surface area contributed by atoms with Crippen LogP contribution in [-0.4, -0.2) is 23.1 Å². The highest BCUT2D eigenvalue weighted by molar-refractivity contribution is 5.37. The molecule has 24 heavy (non-hydrogen) atoms. The lowest BCUT2D eigenvalue weighted by Gasteiger charge is -2.35. The van der Waals surface area contributed by atoms with Crippen LogP contribution in [0.5, 0.6) is 5.75 Å². The first-order valence-electron chi connectivity index (χ1n) is 8.15. The maximum atomic E-state index is 13.1. The molecule has 1 N–H and O–H groups in total. The van der Waals surface area contributed by atoms with Gasteiger partial charge in [-0.05, 0) is 61.3 Å². The maximum absolute atomic E-state index is 13.1. The quantitative estimate of drug-likeness (QED) is 0.854. The third-order valence-electron chi connectivity index (χ3n) is 4.49. The summed E-state index contributed by atoms with van der Waals surface area (Å²) in [6, 6.07) is 12.1. The third-order valence-corrected chi connectivity index (χ3v) is 4.49. The van der Waals surface area contributed by atoms with Crippen molar-refractivity contribution in [1.82, 2.24) is 4.90 Å². The number of nitrogens with zero attached hydrogens (tertiary/aromatic N) is 1. The Hall–Kier alpha value is -2.01. The average Bonchev–Trinajstić information content (AvgIpc) is 2.57. The summed E-state index contributed by atoms with van der Waals surface area (Å²) in [6.45, 7) is 1.73. The summed E-state index contributed by atoms with van der Waals surface area (Å²) >= 11 is 0. The van der Waals surface area contributed by atoms with Gasteiger partial charge in [-0.25, -0.2) is 0 Å². The maximum Gasteiger partial charge on any atom is 0.416 e. The molecule has 0 amide bonds. The normalized spacial score (nSPS) is 17.6. The lowest BCUT2D eigenvalue weighted by Crippen LogP contribution is -2.34. The topological polar surface area (TPSA) is 23.5 Å². The lowest BCUT2D eigenvalue weighted by atomic mass is 9.93. The van der Waals surface area contributed by atoms with Crippen molar-refractivity contribution in [2.24, 2.45) is 0 Å². The monoisotopic (exact) mass is 335 g/mol. The molecule has 2 nitrogen and oxygen atoms in total. The number of phenols is 1. The number of aromatic hydroxyl groups is 1. The fraction of sp³-hybridized carbons (Fsp3) is 0.368. The molecule has 1 unspecified atom stereocenters. The molecule has 0 radical (unpaired) electrons. The van der Waals surface area contributed by atoms with Crippen LogP contribution >= 0.6 is 0 Å². The van der Waals surface area contributed by atoms with Crippen LogP contribution in [0.2, 0.25) is 0 Å². The van der Waals surface area contributed by atoms with Crippen LogP contribution in [0.15, 0.2) is 48.5 Å². The van der Waals surface area contributed by atoms with Gasteiger partial charge in [-0.1, -0.05) is 30.7 Å². The second-order valence-electron chi connectivity index (χ2n) is 6.21. The second kappa shape index (κ2) is 6.85. The third kappa shape index (κ3) is 3.73. The minimum atomic E-state index is -4.35. The molecule has 128 valence electrons. The van der Waals surface area contributed by atoms with Crippen LogP contribution in [-0.2, 0) is 6.18 Å². The molecule has 2 aromatic rings. The largest absolute Gasteiger partial charge is 0.508 e. The van der Waals surface area contributed by atoms with E-state index in [2.05, 4.69) is 4.90 Å². The van der Waals surface area contributed by atoms with Crippen LogP contribution in [0.1, 0.15) is 42.0 Å². The van der Waals surface area contributed by atoms with Crippen molar-refractivity contribution in [3.63, 3.8) is 0 Å². The Bertz CT molecular complexity index is 676. The van der Waals surface area contributed by atoms with Gasteiger partial charge in [0.05, 0.1) is 11.6 Å². The van der Waals surface area contributed by atoms with E-state index in [0.717, 1.165) is 44.0 Å². The van der Waals surface area contributed by atoms with E-state index < -0.39 is 11.7 Å². The van der Waals surface area contributed by atoms with Gasteiger partial charge in [0.25, 0.3) is 0 Å². The molecule has 0 spiro atoms. The molecular weight excluding hydrogens is 315 g/mol. The van der Waals surface area contributed by atoms with Crippen molar-refractivity contribution in [2.45, 2.75) is 31.5 Å². The number of halogens is 3. The number of hydrogen-bond donors (Lipinski definition) is 1. The van der Waals surface area contributed by atoms with Gasteiger partial charge in [0.2, 0.25) is 0 Å². The molecule has 0 aliphatic carbocycles. The van der Waals surface area contributed by atoms with Crippen LogP contribution in [0, 0.1) is 0 Å². The summed E-state index contributed by atoms with van der Waals surface area (Å²) in [5.74, 6) is 0.153. The number of phenolic OH excluding ortho intramolecular Hbond substituents is 1. The molecule has 1 aliphatic rings. The van der Waals surface area contributed by atoms with E-state index in [1.54, 1.807) is 30.3 Å². The number of piperidine rings is 1. The van der Waals surface area contributed by atoms with Crippen LogP contribution in [0.25, 0.3) is 0 Å². The minimum Gasteiger partial charge on any atom is -0.508 e. The molecule has 5 heteroatoms. The second-order valence-corrected chi connectivity index (χ2v) is 6.21. The molecule has 2 aromatic carbocycles. The summed E-state index contributed by atoms with van der Waals surface area (Å²) in [5.41, 5.74) is 0.909. The Morgan fingerprint density at radius 2 is 1.54 bits per heavy atom. The zero-order valence-corrected chi connectivity index (χ0v) is 13.3. The number of alkyl halides is 3. The van der Waals surface area contributed by atoms with E-state index in [4.69, 9.17) is 0 Å². The molecule has 3 rings (SSSR count). The predicted molar refractivity (Wildman–Crippen MR) is 86.8 cm³/mol. The number of rotatable bonds is 3. The highest BCUT2D eigenvalue weighted by atomic mass is 19.4. The molecule has 1 heterocycles. The van der Waals surface area contributed by atoms with Gasteiger partial charge in [-0.3, -0.25) is 4.90 Å². The fourth-order valence-corrected chi connectivity index (χ4v) is 3.33. The average molecular weight is 335 g/mol. The SMILES string of the molecule is Oc1ccc(C(c2cccc(C(F)(F)F)c2)N2CCCCC2)cc1. The summed E-state index contributed by atoms with van der Waals surface area (Å²) in [6.07, 6.45) is -1.10. The predicted octanol–water partition coefficient (Wildman–Crippen LogP) is 4.99. The van der Waals surface area contributed by atoms with Gasteiger partial charge in [0.15, 0.2) is 0 Å². The Kier molecular flexibility index (Phi) is 4.81. The van der Waals surface area contributed by atoms with Crippen molar-refractivity contribution in [1.29, 1.82) is 0 Å². The molecule has 1 saturated heterocycles. The first-order chi connectivity index (χ1) is 11.4. The molecule has 1 atom stereocenters. The van der Waals surface area contributed by atoms with Crippen molar-refractivity contribution in [2.75, 3.05) is 13.1 Å². The van der Waals surface area contributed by atoms with E-state index >= 15 is 0 Å². The summed E-state index contributed by atoms with van der Waals surface area (Å²) in [5, 5.41) is 9.51. The Morgan fingerprint density at radius 1 is 0.875 bits per heavy atom. The highest BCUT2D eigenvalue weighted by Gasteiger charge is 2.32. The Labute approximate surface area is 139 Å². The van der Waals surface area contributed by atoms with Gasteiger partial charge in [-0.2, -0.15) is 13.2 Å². The van der Waals surface area contributed by atoms with Gasteiger partial charge in [-0.15, -0.1) is 0 Å². The zero-order valence-electron chi connectivity index (χ0n) is 13.3. The van der Waals surface area contributed by atoms with Crippen molar-refractivity contribution >= 4 is 0 Å². The van der Waals surface area contributed by atoms with E-state index in [-0.39, 0.29) is 11.8 Å². The Balaban J connectivity index is 2.02. The van der Waals surface area contributed by atoms with Crippen LogP contribution < -0.4 is 0 Å². The molecule has 1 fully saturated rings. The molecule has 0 bridgehead atoms. The zero-order chi connectivity index (χ0) is 17.2. The summed E-state index contributed by atoms with van der Waals surface area (Å²) in [7, 11) is 0. The van der Waals surface area contributed by atoms with Gasteiger partial charge in [0.1, 0.15) is 5.75 Å². The van der Waals surface area contributed by atoms with E-state index in [1.165, 1.54) is 12.1 Å². The minimum absolute atomic E-state index is 0.153. The number of hydrogen-bond acceptors (Lipinski definition) is 2. The molecular formula is C19H20F3NO. The molecule has 0 saturated carbocycles. The van der Waals surface area contributed by atoms with Gasteiger partial charge < -0.3 is 5.11 Å². The fourth-order valence-electron chi connectivity index (χ4n) is 3.33. The van der Waals surface area contributed by atoms with Crippen molar-refractivity contribution in [3.05, 3.63) is 65.2 Å². The van der Waals surface area contributed by atoms with Gasteiger partial charge >= 0.3 is 6.18 Å². The summed E-state index contributed by atoms with van der Waals surface area (Å²) < 4.78 is 39.2. The number of likely N-dealkylation sites (tertiary alicyclic amines) is 1. The van der Waals surface area contributed by atoms with Crippen LogP contribution in [0.4, 0.5) is 13.2 Å². The first kappa shape index (κ1) is 16.8. The smallest absolute Gasteiger partial charge is 0.416 e. The van der Waals surface area contributed by atoms with Crippen LogP contribution in [0.3, 0.4) is 0 Å². The van der Waals surface area contributed by atoms with Crippen molar-refractivity contribution in [3.8, 4) is 5.75 Å². The van der Waals surface area contributed by atoms with Crippen molar-refractivity contribution < 1.29 is 18.3 Å². The van der Waals surface area contributed by atoms with E-state index in [9.17, 15) is 18.3 Å². The highest BCUT2D eigenvalue weighted by Crippen LogP contribution is 2.35. The van der Waals surface area contributed by atoms with E-state index in [1.807, 2.05) is 0 Å². The molecule has 0 aromatic heterocycles. The first-order valence-corrected chi connectivity index (χ1v) is 8.15. The lowest BCUT2D eigenvalue weighted by molar-refractivity contribution is -0.137. The standard InChI is InChI=1S/C19H20F3NO/c20-19(21,22)16-6-4-5-15(13-16)18(23-11-2-1-3-12-23)14-7-9-17(24)10-8-14/h4-10,13,18,24H,1-3,11-12H2. The molecule has 1 aliphatic heterocycles.